The van der Waals surface area contributed by atoms with Crippen molar-refractivity contribution in [3.63, 3.8) is 0 Å². The van der Waals surface area contributed by atoms with Crippen LogP contribution in [-0.4, -0.2) is 99.8 Å². The van der Waals surface area contributed by atoms with Gasteiger partial charge in [-0.25, -0.2) is 0 Å². The van der Waals surface area contributed by atoms with Crippen LogP contribution in [0.15, 0.2) is 0 Å². The Kier molecular flexibility index (Phi) is 14.8. The molecule has 0 bridgehead atoms. The van der Waals surface area contributed by atoms with Gasteiger partial charge < -0.3 is 20.1 Å². The number of carbonyl (C=O) groups excluding carboxylic acids is 2. The number of nitrogens with one attached hydrogen (secondary N) is 5. The van der Waals surface area contributed by atoms with Gasteiger partial charge in [-0.05, 0) is 116 Å². The average molecular weight is 632 g/mol. The maximum Gasteiger partial charge on any atom is 0.325 e. The molecule has 2 heterocycles. The Morgan fingerprint density at radius 2 is 1.67 bits per heavy atom. The van der Waals surface area contributed by atoms with Crippen molar-refractivity contribution in [2.24, 2.45) is 23.7 Å². The molecule has 2 aliphatic carbocycles. The first-order valence-electron chi connectivity index (χ1n) is 17.8. The Bertz CT molecular complexity index is 924. The van der Waals surface area contributed by atoms with Gasteiger partial charge in [0.05, 0.1) is 18.8 Å². The SMILES string of the molecule is CC(C)(C)OC(=O)CNC(=O)C1CCC(C2CNC(NC3CCC(OCCN(CCC#N)CC4CCCNC4)CC3)NC2)CC1. The normalized spacial score (nSPS) is 31.2. The molecule has 45 heavy (non-hydrogen) atoms. The minimum Gasteiger partial charge on any atom is -0.459 e. The van der Waals surface area contributed by atoms with Crippen LogP contribution in [-0.2, 0) is 19.1 Å². The summed E-state index contributed by atoms with van der Waals surface area (Å²) in [5.74, 6) is 1.45. The number of esters is 1. The summed E-state index contributed by atoms with van der Waals surface area (Å²) in [6.45, 7) is 13.2. The molecule has 0 aromatic heterocycles. The molecule has 0 radical (unpaired) electrons. The number of amides is 1. The molecule has 1 atom stereocenters. The molecular formula is C34H61N7O4. The van der Waals surface area contributed by atoms with Gasteiger partial charge in [0.15, 0.2) is 0 Å². The zero-order chi connectivity index (χ0) is 32.1. The van der Waals surface area contributed by atoms with Gasteiger partial charge in [0.2, 0.25) is 5.91 Å². The van der Waals surface area contributed by atoms with Gasteiger partial charge >= 0.3 is 5.97 Å². The molecule has 256 valence electrons. The number of nitriles is 1. The summed E-state index contributed by atoms with van der Waals surface area (Å²) in [5.41, 5.74) is -0.542. The molecular weight excluding hydrogens is 570 g/mol. The first kappa shape index (κ1) is 36.0. The molecule has 0 aromatic rings. The molecule has 4 aliphatic rings. The van der Waals surface area contributed by atoms with Crippen LogP contribution in [0, 0.1) is 35.0 Å². The Hall–Kier alpha value is -1.81. The second kappa shape index (κ2) is 18.5. The van der Waals surface area contributed by atoms with Crippen LogP contribution in [0.3, 0.4) is 0 Å². The molecule has 0 aromatic carbocycles. The summed E-state index contributed by atoms with van der Waals surface area (Å²) in [6, 6.07) is 2.80. The maximum absolute atomic E-state index is 12.6. The zero-order valence-corrected chi connectivity index (χ0v) is 28.2. The highest BCUT2D eigenvalue weighted by molar-refractivity contribution is 5.83. The van der Waals surface area contributed by atoms with E-state index >= 15 is 0 Å². The van der Waals surface area contributed by atoms with Crippen LogP contribution < -0.4 is 26.6 Å². The van der Waals surface area contributed by atoms with Crippen molar-refractivity contribution in [1.82, 2.24) is 31.5 Å². The van der Waals surface area contributed by atoms with Gasteiger partial charge in [-0.1, -0.05) is 0 Å². The van der Waals surface area contributed by atoms with E-state index in [2.05, 4.69) is 37.6 Å². The number of nitrogens with zero attached hydrogens (tertiary/aromatic N) is 2. The van der Waals surface area contributed by atoms with E-state index < -0.39 is 5.60 Å². The lowest BCUT2D eigenvalue weighted by molar-refractivity contribution is -0.154. The molecule has 1 unspecified atom stereocenters. The first-order valence-corrected chi connectivity index (χ1v) is 17.8. The largest absolute Gasteiger partial charge is 0.459 e. The van der Waals surface area contributed by atoms with Crippen molar-refractivity contribution in [2.45, 2.75) is 115 Å². The zero-order valence-electron chi connectivity index (χ0n) is 28.2. The van der Waals surface area contributed by atoms with Crippen molar-refractivity contribution < 1.29 is 19.1 Å². The van der Waals surface area contributed by atoms with E-state index in [1.54, 1.807) is 0 Å². The van der Waals surface area contributed by atoms with Crippen molar-refractivity contribution in [3.05, 3.63) is 0 Å². The maximum atomic E-state index is 12.6. The number of hydrogen-bond acceptors (Lipinski definition) is 10. The monoisotopic (exact) mass is 631 g/mol. The van der Waals surface area contributed by atoms with E-state index in [4.69, 9.17) is 14.7 Å². The summed E-state index contributed by atoms with van der Waals surface area (Å²) in [6.07, 6.45) is 11.9. The van der Waals surface area contributed by atoms with E-state index in [-0.39, 0.29) is 30.6 Å². The summed E-state index contributed by atoms with van der Waals surface area (Å²) in [5, 5.41) is 26.5. The standard InChI is InChI=1S/C34H61N7O4/c1-34(2,3)45-31(42)23-37-32(43)27-9-7-26(8-10-27)28-21-38-33(39-22-28)40-29-11-13-30(14-12-29)44-19-18-41(17-5-15-35)24-25-6-4-16-36-20-25/h25-30,33,36,38-40H,4-14,16-24H2,1-3H3,(H,37,43). The summed E-state index contributed by atoms with van der Waals surface area (Å²) in [7, 11) is 0. The molecule has 11 nitrogen and oxygen atoms in total. The molecule has 1 amide bonds. The topological polar surface area (TPSA) is 140 Å². The highest BCUT2D eigenvalue weighted by Gasteiger charge is 2.34. The number of piperidine rings is 1. The summed E-state index contributed by atoms with van der Waals surface area (Å²) >= 11 is 0. The predicted octanol–water partition coefficient (Wildman–Crippen LogP) is 2.48. The van der Waals surface area contributed by atoms with Crippen LogP contribution in [0.2, 0.25) is 0 Å². The van der Waals surface area contributed by atoms with Gasteiger partial charge in [-0.3, -0.25) is 30.4 Å². The fraction of sp³-hybridized carbons (Fsp3) is 0.912. The molecule has 2 saturated carbocycles. The summed E-state index contributed by atoms with van der Waals surface area (Å²) in [4.78, 5) is 27.0. The van der Waals surface area contributed by atoms with Crippen molar-refractivity contribution in [1.29, 1.82) is 5.26 Å². The van der Waals surface area contributed by atoms with Gasteiger partial charge in [-0.2, -0.15) is 5.26 Å². The lowest BCUT2D eigenvalue weighted by Crippen LogP contribution is -2.63. The molecule has 2 saturated heterocycles. The van der Waals surface area contributed by atoms with Crippen molar-refractivity contribution in [3.8, 4) is 6.07 Å². The van der Waals surface area contributed by atoms with Crippen LogP contribution in [0.25, 0.3) is 0 Å². The minimum atomic E-state index is -0.542. The molecule has 2 aliphatic heterocycles. The average Bonchev–Trinajstić information content (AvgIpc) is 3.03. The van der Waals surface area contributed by atoms with Crippen LogP contribution in [0.1, 0.15) is 91.4 Å². The fourth-order valence-corrected chi connectivity index (χ4v) is 7.60. The molecule has 4 rings (SSSR count). The predicted molar refractivity (Wildman–Crippen MR) is 175 cm³/mol. The number of hydrogen-bond donors (Lipinski definition) is 5. The van der Waals surface area contributed by atoms with Crippen LogP contribution in [0.5, 0.6) is 0 Å². The third-order valence-corrected chi connectivity index (χ3v) is 10.1. The highest BCUT2D eigenvalue weighted by Crippen LogP contribution is 2.34. The van der Waals surface area contributed by atoms with E-state index in [1.807, 2.05) is 20.8 Å². The van der Waals surface area contributed by atoms with Crippen molar-refractivity contribution in [2.75, 3.05) is 59.0 Å². The Balaban J connectivity index is 1.05. The third-order valence-electron chi connectivity index (χ3n) is 10.1. The fourth-order valence-electron chi connectivity index (χ4n) is 7.60. The van der Waals surface area contributed by atoms with Crippen LogP contribution >= 0.6 is 0 Å². The van der Waals surface area contributed by atoms with Gasteiger partial charge in [0.25, 0.3) is 0 Å². The minimum absolute atomic E-state index is 0.0108. The third kappa shape index (κ3) is 13.1. The van der Waals surface area contributed by atoms with Crippen molar-refractivity contribution >= 4 is 11.9 Å². The van der Waals surface area contributed by atoms with E-state index in [9.17, 15) is 9.59 Å². The smallest absolute Gasteiger partial charge is 0.325 e. The second-order valence-electron chi connectivity index (χ2n) is 14.9. The number of rotatable bonds is 14. The highest BCUT2D eigenvalue weighted by atomic mass is 16.6. The van der Waals surface area contributed by atoms with E-state index in [1.165, 1.54) is 12.8 Å². The summed E-state index contributed by atoms with van der Waals surface area (Å²) < 4.78 is 11.6. The molecule has 5 N–H and O–H groups in total. The Morgan fingerprint density at radius 1 is 0.933 bits per heavy atom. The van der Waals surface area contributed by atoms with Gasteiger partial charge in [-0.15, -0.1) is 0 Å². The Labute approximate surface area is 271 Å². The van der Waals surface area contributed by atoms with Gasteiger partial charge in [0, 0.05) is 51.1 Å². The molecule has 11 heteroatoms. The molecule has 0 spiro atoms. The quantitative estimate of drug-likeness (QED) is 0.182. The van der Waals surface area contributed by atoms with Crippen LogP contribution in [0.4, 0.5) is 0 Å². The number of ether oxygens (including phenoxy) is 2. The lowest BCUT2D eigenvalue weighted by atomic mass is 9.75. The second-order valence-corrected chi connectivity index (χ2v) is 14.9. The van der Waals surface area contributed by atoms with E-state index in [0.29, 0.717) is 36.3 Å². The van der Waals surface area contributed by atoms with E-state index in [0.717, 1.165) is 104 Å². The molecule has 4 fully saturated rings. The lowest BCUT2D eigenvalue weighted by Gasteiger charge is -2.40. The Morgan fingerprint density at radius 3 is 2.31 bits per heavy atom. The number of carbonyl (C=O) groups is 2. The van der Waals surface area contributed by atoms with Gasteiger partial charge in [0.1, 0.15) is 18.4 Å². The first-order chi connectivity index (χ1) is 21.7.